The van der Waals surface area contributed by atoms with Gasteiger partial charge in [-0.1, -0.05) is 37.6 Å². The van der Waals surface area contributed by atoms with Crippen LogP contribution in [0.4, 0.5) is 5.82 Å². The van der Waals surface area contributed by atoms with Crippen molar-refractivity contribution < 1.29 is 0 Å². The van der Waals surface area contributed by atoms with Crippen LogP contribution in [0.2, 0.25) is 0 Å². The third-order valence-electron chi connectivity index (χ3n) is 4.47. The molecule has 0 atom stereocenters. The van der Waals surface area contributed by atoms with Crippen molar-refractivity contribution in [2.24, 2.45) is 5.41 Å². The van der Waals surface area contributed by atoms with Gasteiger partial charge in [-0.25, -0.2) is 4.98 Å². The molecule has 1 fully saturated rings. The molecule has 1 saturated carbocycles. The van der Waals surface area contributed by atoms with Crippen molar-refractivity contribution >= 4 is 16.6 Å². The summed E-state index contributed by atoms with van der Waals surface area (Å²) in [5.74, 6) is 1.04. The number of benzene rings is 1. The highest BCUT2D eigenvalue weighted by molar-refractivity contribution is 5.91. The minimum atomic E-state index is 0.526. The topological polar surface area (TPSA) is 24.9 Å². The van der Waals surface area contributed by atoms with E-state index in [0.29, 0.717) is 5.41 Å². The van der Waals surface area contributed by atoms with E-state index in [1.165, 1.54) is 36.5 Å². The molecule has 1 aliphatic rings. The van der Waals surface area contributed by atoms with Crippen molar-refractivity contribution in [1.82, 2.24) is 4.98 Å². The number of anilines is 1. The number of rotatable bonds is 4. The quantitative estimate of drug-likeness (QED) is 0.865. The van der Waals surface area contributed by atoms with E-state index >= 15 is 0 Å². The summed E-state index contributed by atoms with van der Waals surface area (Å²) in [5.41, 5.74) is 0.526. The van der Waals surface area contributed by atoms with Crippen LogP contribution < -0.4 is 5.32 Å². The number of hydrogen-bond donors (Lipinski definition) is 1. The molecule has 2 aromatic rings. The number of nitrogens with zero attached hydrogens (tertiary/aromatic N) is 1. The Bertz CT molecular complexity index is 533. The van der Waals surface area contributed by atoms with Crippen LogP contribution in [-0.4, -0.2) is 11.5 Å². The van der Waals surface area contributed by atoms with Gasteiger partial charge < -0.3 is 5.32 Å². The molecule has 0 saturated heterocycles. The van der Waals surface area contributed by atoms with Gasteiger partial charge in [-0.15, -0.1) is 0 Å². The maximum absolute atomic E-state index is 4.49. The molecule has 2 heteroatoms. The average Bonchev–Trinajstić information content (AvgIpc) is 2.38. The van der Waals surface area contributed by atoms with Crippen LogP contribution >= 0.6 is 0 Å². The molecule has 18 heavy (non-hydrogen) atoms. The molecule has 0 spiro atoms. The Balaban J connectivity index is 1.82. The fourth-order valence-corrected chi connectivity index (χ4v) is 2.86. The SMILES string of the molecule is CCC1(CNc2nccc3ccccc23)CCC1. The van der Waals surface area contributed by atoms with Gasteiger partial charge in [0.15, 0.2) is 0 Å². The van der Waals surface area contributed by atoms with Crippen LogP contribution in [0.15, 0.2) is 36.5 Å². The standard InChI is InChI=1S/C16H20N2/c1-2-16(9-5-10-16)12-18-15-14-7-4-3-6-13(14)8-11-17-15/h3-4,6-8,11H,2,5,9-10,12H2,1H3,(H,17,18). The van der Waals surface area contributed by atoms with Crippen molar-refractivity contribution in [3.63, 3.8) is 0 Å². The highest BCUT2D eigenvalue weighted by Crippen LogP contribution is 2.43. The minimum absolute atomic E-state index is 0.526. The predicted molar refractivity (Wildman–Crippen MR) is 76.8 cm³/mol. The van der Waals surface area contributed by atoms with E-state index in [0.717, 1.165) is 12.4 Å². The lowest BCUT2D eigenvalue weighted by atomic mass is 9.67. The van der Waals surface area contributed by atoms with Gasteiger partial charge in [0.2, 0.25) is 0 Å². The van der Waals surface area contributed by atoms with Gasteiger partial charge in [-0.2, -0.15) is 0 Å². The number of nitrogens with one attached hydrogen (secondary N) is 1. The molecule has 0 aliphatic heterocycles. The van der Waals surface area contributed by atoms with Crippen molar-refractivity contribution in [1.29, 1.82) is 0 Å². The van der Waals surface area contributed by atoms with Crippen LogP contribution in [0.5, 0.6) is 0 Å². The summed E-state index contributed by atoms with van der Waals surface area (Å²) >= 11 is 0. The summed E-state index contributed by atoms with van der Waals surface area (Å²) in [6, 6.07) is 10.5. The highest BCUT2D eigenvalue weighted by Gasteiger charge is 2.34. The van der Waals surface area contributed by atoms with Crippen LogP contribution in [-0.2, 0) is 0 Å². The summed E-state index contributed by atoms with van der Waals surface area (Å²) < 4.78 is 0. The first-order valence-electron chi connectivity index (χ1n) is 6.91. The molecule has 0 amide bonds. The Morgan fingerprint density at radius 1 is 1.22 bits per heavy atom. The van der Waals surface area contributed by atoms with E-state index in [2.05, 4.69) is 47.6 Å². The average molecular weight is 240 g/mol. The summed E-state index contributed by atoms with van der Waals surface area (Å²) in [4.78, 5) is 4.49. The lowest BCUT2D eigenvalue weighted by Gasteiger charge is -2.41. The Hall–Kier alpha value is -1.57. The van der Waals surface area contributed by atoms with Gasteiger partial charge in [0.1, 0.15) is 5.82 Å². The molecule has 1 heterocycles. The first-order chi connectivity index (χ1) is 8.83. The fraction of sp³-hybridized carbons (Fsp3) is 0.438. The maximum atomic E-state index is 4.49. The summed E-state index contributed by atoms with van der Waals surface area (Å²) in [7, 11) is 0. The summed E-state index contributed by atoms with van der Waals surface area (Å²) in [6.45, 7) is 3.36. The molecule has 2 nitrogen and oxygen atoms in total. The Morgan fingerprint density at radius 3 is 2.78 bits per heavy atom. The van der Waals surface area contributed by atoms with Crippen LogP contribution in [0.1, 0.15) is 32.6 Å². The lowest BCUT2D eigenvalue weighted by molar-refractivity contribution is 0.145. The van der Waals surface area contributed by atoms with E-state index in [4.69, 9.17) is 0 Å². The lowest BCUT2D eigenvalue weighted by Crippen LogP contribution is -2.36. The Labute approximate surface area is 108 Å². The van der Waals surface area contributed by atoms with E-state index in [1.807, 2.05) is 6.20 Å². The van der Waals surface area contributed by atoms with Gasteiger partial charge in [0.05, 0.1) is 0 Å². The van der Waals surface area contributed by atoms with Crippen LogP contribution in [0, 0.1) is 5.41 Å². The van der Waals surface area contributed by atoms with E-state index in [-0.39, 0.29) is 0 Å². The zero-order valence-electron chi connectivity index (χ0n) is 10.9. The second-order valence-electron chi connectivity index (χ2n) is 5.44. The zero-order valence-corrected chi connectivity index (χ0v) is 10.9. The minimum Gasteiger partial charge on any atom is -0.369 e. The largest absolute Gasteiger partial charge is 0.369 e. The number of fused-ring (bicyclic) bond motifs is 1. The molecular formula is C16H20N2. The molecule has 1 aromatic heterocycles. The molecular weight excluding hydrogens is 220 g/mol. The Morgan fingerprint density at radius 2 is 2.06 bits per heavy atom. The zero-order chi connectivity index (χ0) is 12.4. The normalized spacial score (nSPS) is 17.4. The third-order valence-corrected chi connectivity index (χ3v) is 4.47. The van der Waals surface area contributed by atoms with Crippen LogP contribution in [0.25, 0.3) is 10.8 Å². The fourth-order valence-electron chi connectivity index (χ4n) is 2.86. The molecule has 0 radical (unpaired) electrons. The summed E-state index contributed by atoms with van der Waals surface area (Å²) in [5, 5.41) is 6.06. The van der Waals surface area contributed by atoms with E-state index in [9.17, 15) is 0 Å². The first kappa shape index (κ1) is 11.5. The van der Waals surface area contributed by atoms with Crippen LogP contribution in [0.3, 0.4) is 0 Å². The monoisotopic (exact) mass is 240 g/mol. The van der Waals surface area contributed by atoms with E-state index in [1.54, 1.807) is 0 Å². The number of aromatic nitrogens is 1. The Kier molecular flexibility index (Phi) is 2.94. The highest BCUT2D eigenvalue weighted by atomic mass is 15.0. The van der Waals surface area contributed by atoms with Gasteiger partial charge in [0, 0.05) is 18.1 Å². The molecule has 3 rings (SSSR count). The molecule has 1 aliphatic carbocycles. The smallest absolute Gasteiger partial charge is 0.133 e. The second-order valence-corrected chi connectivity index (χ2v) is 5.44. The van der Waals surface area contributed by atoms with Gasteiger partial charge >= 0.3 is 0 Å². The molecule has 1 aromatic carbocycles. The first-order valence-corrected chi connectivity index (χ1v) is 6.91. The van der Waals surface area contributed by atoms with Crippen molar-refractivity contribution in [2.75, 3.05) is 11.9 Å². The van der Waals surface area contributed by atoms with Crippen molar-refractivity contribution in [3.05, 3.63) is 36.5 Å². The van der Waals surface area contributed by atoms with E-state index < -0.39 is 0 Å². The van der Waals surface area contributed by atoms with Crippen molar-refractivity contribution in [2.45, 2.75) is 32.6 Å². The van der Waals surface area contributed by atoms with Gasteiger partial charge in [-0.05, 0) is 36.1 Å². The third kappa shape index (κ3) is 1.96. The van der Waals surface area contributed by atoms with Crippen molar-refractivity contribution in [3.8, 4) is 0 Å². The summed E-state index contributed by atoms with van der Waals surface area (Å²) in [6.07, 6.45) is 7.27. The number of pyridine rings is 1. The maximum Gasteiger partial charge on any atom is 0.133 e. The number of hydrogen-bond acceptors (Lipinski definition) is 2. The molecule has 1 N–H and O–H groups in total. The predicted octanol–water partition coefficient (Wildman–Crippen LogP) is 4.23. The molecule has 94 valence electrons. The molecule has 0 bridgehead atoms. The second kappa shape index (κ2) is 4.60. The van der Waals surface area contributed by atoms with Gasteiger partial charge in [0.25, 0.3) is 0 Å². The molecule has 0 unspecified atom stereocenters. The van der Waals surface area contributed by atoms with Gasteiger partial charge in [-0.3, -0.25) is 0 Å².